The summed E-state index contributed by atoms with van der Waals surface area (Å²) in [6, 6.07) is 3.82. The minimum Gasteiger partial charge on any atom is -0.368 e. The second-order valence-electron chi connectivity index (χ2n) is 2.88. The molecule has 5 nitrogen and oxygen atoms in total. The van der Waals surface area contributed by atoms with E-state index in [2.05, 4.69) is 10.2 Å². The summed E-state index contributed by atoms with van der Waals surface area (Å²) >= 11 is 6.54. The van der Waals surface area contributed by atoms with Crippen LogP contribution in [-0.4, -0.2) is 20.7 Å². The highest BCUT2D eigenvalue weighted by molar-refractivity contribution is 7.71. The Morgan fingerprint density at radius 3 is 3.13 bits per heavy atom. The van der Waals surface area contributed by atoms with Gasteiger partial charge in [0.2, 0.25) is 5.91 Å². The molecule has 0 bridgehead atoms. The molecule has 0 aliphatic heterocycles. The number of carbonyl (C=O) groups is 1. The van der Waals surface area contributed by atoms with Gasteiger partial charge in [0.1, 0.15) is 6.54 Å². The van der Waals surface area contributed by atoms with Crippen LogP contribution in [0.4, 0.5) is 0 Å². The van der Waals surface area contributed by atoms with Crippen molar-refractivity contribution in [3.63, 3.8) is 0 Å². The number of primary amides is 1. The highest BCUT2D eigenvalue weighted by Crippen LogP contribution is 2.22. The lowest BCUT2D eigenvalue weighted by molar-refractivity contribution is -0.118. The van der Waals surface area contributed by atoms with E-state index in [9.17, 15) is 4.79 Å². The van der Waals surface area contributed by atoms with Crippen LogP contribution < -0.4 is 5.73 Å². The van der Waals surface area contributed by atoms with Gasteiger partial charge in [-0.25, -0.2) is 0 Å². The van der Waals surface area contributed by atoms with Gasteiger partial charge in [-0.1, -0.05) is 6.07 Å². The van der Waals surface area contributed by atoms with Crippen molar-refractivity contribution in [2.24, 2.45) is 5.73 Å². The van der Waals surface area contributed by atoms with Crippen LogP contribution in [0, 0.1) is 4.77 Å². The zero-order chi connectivity index (χ0) is 10.8. The second kappa shape index (κ2) is 3.95. The van der Waals surface area contributed by atoms with E-state index in [1.54, 1.807) is 4.57 Å². The largest absolute Gasteiger partial charge is 0.368 e. The van der Waals surface area contributed by atoms with E-state index >= 15 is 0 Å². The zero-order valence-electron chi connectivity index (χ0n) is 7.64. The third kappa shape index (κ3) is 1.97. The van der Waals surface area contributed by atoms with Crippen LogP contribution in [-0.2, 0) is 11.3 Å². The Labute approximate surface area is 94.5 Å². The molecule has 7 heteroatoms. The topological polar surface area (TPSA) is 76.7 Å². The normalized spacial score (nSPS) is 10.4. The molecule has 0 aliphatic carbocycles. The van der Waals surface area contributed by atoms with Crippen molar-refractivity contribution in [2.45, 2.75) is 6.54 Å². The summed E-state index contributed by atoms with van der Waals surface area (Å²) in [6.45, 7) is 0.0442. The van der Waals surface area contributed by atoms with Gasteiger partial charge in [0, 0.05) is 0 Å². The Bertz CT molecular complexity index is 525. The molecule has 0 saturated heterocycles. The fourth-order valence-corrected chi connectivity index (χ4v) is 2.13. The maximum absolute atomic E-state index is 10.9. The predicted octanol–water partition coefficient (Wildman–Crippen LogP) is 1.15. The molecule has 15 heavy (non-hydrogen) atoms. The Morgan fingerprint density at radius 2 is 2.53 bits per heavy atom. The summed E-state index contributed by atoms with van der Waals surface area (Å²) in [4.78, 5) is 11.8. The van der Waals surface area contributed by atoms with Gasteiger partial charge in [-0.15, -0.1) is 11.3 Å². The molecule has 2 heterocycles. The van der Waals surface area contributed by atoms with Crippen LogP contribution in [0.5, 0.6) is 0 Å². The van der Waals surface area contributed by atoms with Gasteiger partial charge in [-0.05, 0) is 23.7 Å². The Balaban J connectivity index is 2.49. The third-order valence-corrected chi connectivity index (χ3v) is 2.99. The third-order valence-electron chi connectivity index (χ3n) is 1.81. The molecule has 0 aliphatic rings. The Hall–Kier alpha value is -1.47. The first-order chi connectivity index (χ1) is 7.18. The number of aromatic nitrogens is 3. The van der Waals surface area contributed by atoms with Gasteiger partial charge >= 0.3 is 0 Å². The van der Waals surface area contributed by atoms with E-state index in [0.29, 0.717) is 10.6 Å². The molecular formula is C8H8N4OS2. The standard InChI is InChI=1S/C8H8N4OS2/c9-6(13)4-12-7(10-11-8(12)14)5-2-1-3-15-5/h1-3H,4H2,(H2,9,13)(H,11,14). The van der Waals surface area contributed by atoms with Gasteiger partial charge in [0.05, 0.1) is 4.88 Å². The molecule has 3 N–H and O–H groups in total. The molecular weight excluding hydrogens is 232 g/mol. The molecule has 1 amide bonds. The van der Waals surface area contributed by atoms with Crippen molar-refractivity contribution in [1.29, 1.82) is 0 Å². The number of amides is 1. The van der Waals surface area contributed by atoms with Gasteiger partial charge in [-0.2, -0.15) is 5.10 Å². The molecule has 0 aromatic carbocycles. The summed E-state index contributed by atoms with van der Waals surface area (Å²) in [7, 11) is 0. The van der Waals surface area contributed by atoms with E-state index < -0.39 is 5.91 Å². The number of carbonyl (C=O) groups excluding carboxylic acids is 1. The summed E-state index contributed by atoms with van der Waals surface area (Å²) in [6.07, 6.45) is 0. The van der Waals surface area contributed by atoms with Crippen molar-refractivity contribution in [3.05, 3.63) is 22.3 Å². The van der Waals surface area contributed by atoms with Gasteiger partial charge in [0.25, 0.3) is 0 Å². The minimum atomic E-state index is -0.440. The lowest BCUT2D eigenvalue weighted by Crippen LogP contribution is -2.19. The van der Waals surface area contributed by atoms with Crippen molar-refractivity contribution in [1.82, 2.24) is 14.8 Å². The fourth-order valence-electron chi connectivity index (χ4n) is 1.21. The molecule has 0 saturated carbocycles. The highest BCUT2D eigenvalue weighted by Gasteiger charge is 2.10. The molecule has 0 unspecified atom stereocenters. The average molecular weight is 240 g/mol. The maximum Gasteiger partial charge on any atom is 0.237 e. The minimum absolute atomic E-state index is 0.0442. The molecule has 0 atom stereocenters. The molecule has 78 valence electrons. The number of nitrogens with one attached hydrogen (secondary N) is 1. The first kappa shape index (κ1) is 10.1. The van der Waals surface area contributed by atoms with Crippen molar-refractivity contribution >= 4 is 29.5 Å². The van der Waals surface area contributed by atoms with Crippen molar-refractivity contribution in [3.8, 4) is 10.7 Å². The summed E-state index contributed by atoms with van der Waals surface area (Å²) in [5.74, 6) is 0.208. The van der Waals surface area contributed by atoms with Crippen LogP contribution in [0.15, 0.2) is 17.5 Å². The van der Waals surface area contributed by atoms with Crippen LogP contribution >= 0.6 is 23.6 Å². The number of nitrogens with zero attached hydrogens (tertiary/aromatic N) is 2. The van der Waals surface area contributed by atoms with E-state index in [1.165, 1.54) is 11.3 Å². The molecule has 0 radical (unpaired) electrons. The Kier molecular flexibility index (Phi) is 2.65. The number of hydrogen-bond acceptors (Lipinski definition) is 4. The van der Waals surface area contributed by atoms with Crippen LogP contribution in [0.1, 0.15) is 0 Å². The quantitative estimate of drug-likeness (QED) is 0.790. The summed E-state index contributed by atoms with van der Waals surface area (Å²) < 4.78 is 1.99. The number of nitrogens with two attached hydrogens (primary N) is 1. The lowest BCUT2D eigenvalue weighted by atomic mass is 10.4. The first-order valence-electron chi connectivity index (χ1n) is 4.16. The number of rotatable bonds is 3. The van der Waals surface area contributed by atoms with E-state index in [1.807, 2.05) is 17.5 Å². The monoisotopic (exact) mass is 240 g/mol. The maximum atomic E-state index is 10.9. The smallest absolute Gasteiger partial charge is 0.237 e. The first-order valence-corrected chi connectivity index (χ1v) is 5.44. The molecule has 2 rings (SSSR count). The van der Waals surface area contributed by atoms with Crippen LogP contribution in [0.2, 0.25) is 0 Å². The lowest BCUT2D eigenvalue weighted by Gasteiger charge is -2.01. The molecule has 2 aromatic heterocycles. The van der Waals surface area contributed by atoms with Gasteiger partial charge < -0.3 is 5.73 Å². The second-order valence-corrected chi connectivity index (χ2v) is 4.22. The SMILES string of the molecule is NC(=O)Cn1c(-c2cccs2)n[nH]c1=S. The van der Waals surface area contributed by atoms with E-state index in [-0.39, 0.29) is 6.54 Å². The number of thiophene rings is 1. The van der Waals surface area contributed by atoms with Gasteiger partial charge in [0.15, 0.2) is 10.6 Å². The van der Waals surface area contributed by atoms with Crippen molar-refractivity contribution in [2.75, 3.05) is 0 Å². The zero-order valence-corrected chi connectivity index (χ0v) is 9.27. The fraction of sp³-hybridized carbons (Fsp3) is 0.125. The summed E-state index contributed by atoms with van der Waals surface area (Å²) in [5.41, 5.74) is 5.13. The van der Waals surface area contributed by atoms with E-state index in [4.69, 9.17) is 18.0 Å². The van der Waals surface area contributed by atoms with Crippen LogP contribution in [0.3, 0.4) is 0 Å². The van der Waals surface area contributed by atoms with Crippen molar-refractivity contribution < 1.29 is 4.79 Å². The van der Waals surface area contributed by atoms with E-state index in [0.717, 1.165) is 4.88 Å². The summed E-state index contributed by atoms with van der Waals surface area (Å²) in [5, 5.41) is 8.64. The Morgan fingerprint density at radius 1 is 1.73 bits per heavy atom. The van der Waals surface area contributed by atoms with Crippen LogP contribution in [0.25, 0.3) is 10.7 Å². The van der Waals surface area contributed by atoms with Gasteiger partial charge in [-0.3, -0.25) is 14.5 Å². The molecule has 2 aromatic rings. The highest BCUT2D eigenvalue weighted by atomic mass is 32.1. The average Bonchev–Trinajstić information content (AvgIpc) is 2.76. The number of hydrogen-bond donors (Lipinski definition) is 2. The predicted molar refractivity (Wildman–Crippen MR) is 59.9 cm³/mol. The molecule has 0 spiro atoms. The number of H-pyrrole nitrogens is 1. The number of aromatic amines is 1. The molecule has 0 fully saturated rings.